The van der Waals surface area contributed by atoms with Gasteiger partial charge in [-0.15, -0.1) is 10.2 Å². The van der Waals surface area contributed by atoms with Gasteiger partial charge in [-0.2, -0.15) is 0 Å². The van der Waals surface area contributed by atoms with E-state index in [0.29, 0.717) is 18.2 Å². The van der Waals surface area contributed by atoms with Crippen molar-refractivity contribution in [1.29, 1.82) is 0 Å². The Morgan fingerprint density at radius 2 is 1.78 bits per heavy atom. The summed E-state index contributed by atoms with van der Waals surface area (Å²) in [5.41, 5.74) is 4.30. The van der Waals surface area contributed by atoms with E-state index in [0.717, 1.165) is 22.5 Å². The van der Waals surface area contributed by atoms with E-state index in [1.807, 2.05) is 73.0 Å². The van der Waals surface area contributed by atoms with Gasteiger partial charge in [0.1, 0.15) is 0 Å². The Morgan fingerprint density at radius 1 is 1.00 bits per heavy atom. The molecule has 4 aromatic rings. The lowest BCUT2D eigenvalue weighted by Gasteiger charge is -2.14. The fraction of sp³-hybridized carbons (Fsp3) is 0.200. The van der Waals surface area contributed by atoms with E-state index in [1.165, 1.54) is 17.3 Å². The van der Waals surface area contributed by atoms with Crippen LogP contribution >= 0.6 is 11.8 Å². The molecule has 32 heavy (non-hydrogen) atoms. The first-order chi connectivity index (χ1) is 15.6. The summed E-state index contributed by atoms with van der Waals surface area (Å²) in [5.74, 6) is 0.699. The maximum Gasteiger partial charge on any atom is 0.233 e. The number of thioether (sulfide) groups is 1. The Labute approximate surface area is 192 Å². The standard InChI is InChI=1S/C25H25N5OS/c1-18-10-12-20(13-11-18)15-27-24(31)19(2)32-25-29-28-23(22-9-6-14-26-16-22)30(25)17-21-7-4-3-5-8-21/h3-14,16,19H,15,17H2,1-2H3,(H,27,31). The predicted molar refractivity (Wildman–Crippen MR) is 127 cm³/mol. The molecule has 0 radical (unpaired) electrons. The Balaban J connectivity index is 1.51. The van der Waals surface area contributed by atoms with E-state index in [1.54, 1.807) is 12.4 Å². The number of carbonyl (C=O) groups excluding carboxylic acids is 1. The third-order valence-corrected chi connectivity index (χ3v) is 6.14. The predicted octanol–water partition coefficient (Wildman–Crippen LogP) is 4.49. The molecule has 2 aromatic carbocycles. The molecule has 1 N–H and O–H groups in total. The van der Waals surface area contributed by atoms with Gasteiger partial charge < -0.3 is 5.32 Å². The second-order valence-corrected chi connectivity index (χ2v) is 8.89. The zero-order valence-electron chi connectivity index (χ0n) is 18.1. The third-order valence-electron chi connectivity index (χ3n) is 5.06. The molecular formula is C25H25N5OS. The molecule has 4 rings (SSSR count). The number of rotatable bonds is 8. The number of aryl methyl sites for hydroxylation is 1. The van der Waals surface area contributed by atoms with Gasteiger partial charge in [0.05, 0.1) is 11.8 Å². The van der Waals surface area contributed by atoms with Crippen LogP contribution in [0.3, 0.4) is 0 Å². The average molecular weight is 444 g/mol. The summed E-state index contributed by atoms with van der Waals surface area (Å²) in [7, 11) is 0. The van der Waals surface area contributed by atoms with Crippen molar-refractivity contribution in [2.45, 2.75) is 37.3 Å². The molecule has 0 saturated carbocycles. The van der Waals surface area contributed by atoms with Crippen LogP contribution in [0.4, 0.5) is 0 Å². The normalized spacial score (nSPS) is 11.8. The van der Waals surface area contributed by atoms with Gasteiger partial charge in [0, 0.05) is 24.5 Å². The molecular weight excluding hydrogens is 418 g/mol. The third kappa shape index (κ3) is 5.42. The van der Waals surface area contributed by atoms with E-state index in [-0.39, 0.29) is 11.2 Å². The Bertz CT molecular complexity index is 1160. The van der Waals surface area contributed by atoms with Crippen LogP contribution in [0.25, 0.3) is 11.4 Å². The van der Waals surface area contributed by atoms with Gasteiger partial charge in [0.15, 0.2) is 11.0 Å². The number of hydrogen-bond donors (Lipinski definition) is 1. The Hall–Kier alpha value is -3.45. The fourth-order valence-electron chi connectivity index (χ4n) is 3.24. The van der Waals surface area contributed by atoms with Crippen LogP contribution in [0.5, 0.6) is 0 Å². The van der Waals surface area contributed by atoms with E-state index >= 15 is 0 Å². The summed E-state index contributed by atoms with van der Waals surface area (Å²) in [4.78, 5) is 16.9. The SMILES string of the molecule is Cc1ccc(CNC(=O)C(C)Sc2nnc(-c3cccnc3)n2Cc2ccccc2)cc1. The van der Waals surface area contributed by atoms with Gasteiger partial charge in [0.2, 0.25) is 5.91 Å². The Morgan fingerprint density at radius 3 is 2.50 bits per heavy atom. The number of carbonyl (C=O) groups is 1. The molecule has 2 aromatic heterocycles. The highest BCUT2D eigenvalue weighted by molar-refractivity contribution is 8.00. The monoisotopic (exact) mass is 443 g/mol. The molecule has 0 fully saturated rings. The van der Waals surface area contributed by atoms with Crippen molar-refractivity contribution in [3.8, 4) is 11.4 Å². The minimum absolute atomic E-state index is 0.0345. The second kappa shape index (κ2) is 10.2. The minimum atomic E-state index is -0.319. The molecule has 162 valence electrons. The molecule has 0 aliphatic carbocycles. The van der Waals surface area contributed by atoms with E-state index < -0.39 is 0 Å². The molecule has 1 atom stereocenters. The van der Waals surface area contributed by atoms with Crippen LogP contribution in [0.15, 0.2) is 84.3 Å². The lowest BCUT2D eigenvalue weighted by atomic mass is 10.1. The van der Waals surface area contributed by atoms with Crippen molar-refractivity contribution in [1.82, 2.24) is 25.1 Å². The van der Waals surface area contributed by atoms with E-state index in [4.69, 9.17) is 0 Å². The van der Waals surface area contributed by atoms with Crippen molar-refractivity contribution in [2.24, 2.45) is 0 Å². The Kier molecular flexibility index (Phi) is 6.97. The maximum atomic E-state index is 12.7. The molecule has 2 heterocycles. The van der Waals surface area contributed by atoms with Crippen LogP contribution in [0.1, 0.15) is 23.6 Å². The summed E-state index contributed by atoms with van der Waals surface area (Å²) in [6.07, 6.45) is 3.51. The van der Waals surface area contributed by atoms with E-state index in [2.05, 4.69) is 32.6 Å². The minimum Gasteiger partial charge on any atom is -0.351 e. The van der Waals surface area contributed by atoms with E-state index in [9.17, 15) is 4.79 Å². The molecule has 0 spiro atoms. The summed E-state index contributed by atoms with van der Waals surface area (Å²) in [6, 6.07) is 22.2. The molecule has 0 bridgehead atoms. The highest BCUT2D eigenvalue weighted by Crippen LogP contribution is 2.27. The van der Waals surface area contributed by atoms with Crippen LogP contribution in [-0.2, 0) is 17.9 Å². The molecule has 0 aliphatic heterocycles. The number of nitrogens with one attached hydrogen (secondary N) is 1. The molecule has 1 unspecified atom stereocenters. The summed E-state index contributed by atoms with van der Waals surface area (Å²) < 4.78 is 2.04. The van der Waals surface area contributed by atoms with Crippen molar-refractivity contribution < 1.29 is 4.79 Å². The van der Waals surface area contributed by atoms with Crippen LogP contribution < -0.4 is 5.32 Å². The van der Waals surface area contributed by atoms with Gasteiger partial charge in [-0.3, -0.25) is 14.3 Å². The van der Waals surface area contributed by atoms with Crippen LogP contribution in [-0.4, -0.2) is 30.9 Å². The van der Waals surface area contributed by atoms with Gasteiger partial charge in [0.25, 0.3) is 0 Å². The highest BCUT2D eigenvalue weighted by Gasteiger charge is 2.21. The average Bonchev–Trinajstić information content (AvgIpc) is 3.21. The first-order valence-electron chi connectivity index (χ1n) is 10.5. The first-order valence-corrected chi connectivity index (χ1v) is 11.4. The smallest absolute Gasteiger partial charge is 0.233 e. The summed E-state index contributed by atoms with van der Waals surface area (Å²) in [6.45, 7) is 5.05. The topological polar surface area (TPSA) is 72.7 Å². The van der Waals surface area contributed by atoms with Gasteiger partial charge in [-0.1, -0.05) is 71.9 Å². The first kappa shape index (κ1) is 21.8. The van der Waals surface area contributed by atoms with Crippen molar-refractivity contribution in [3.05, 3.63) is 95.8 Å². The number of benzene rings is 2. The zero-order valence-corrected chi connectivity index (χ0v) is 18.9. The summed E-state index contributed by atoms with van der Waals surface area (Å²) >= 11 is 1.41. The van der Waals surface area contributed by atoms with Gasteiger partial charge >= 0.3 is 0 Å². The second-order valence-electron chi connectivity index (χ2n) is 7.58. The molecule has 6 nitrogen and oxygen atoms in total. The molecule has 0 aliphatic rings. The van der Waals surface area contributed by atoms with Gasteiger partial charge in [-0.25, -0.2) is 0 Å². The molecule has 0 saturated heterocycles. The summed E-state index contributed by atoms with van der Waals surface area (Å²) in [5, 5.41) is 12.2. The zero-order chi connectivity index (χ0) is 22.3. The molecule has 7 heteroatoms. The van der Waals surface area contributed by atoms with Crippen LogP contribution in [0.2, 0.25) is 0 Å². The number of aromatic nitrogens is 4. The van der Waals surface area contributed by atoms with Crippen molar-refractivity contribution in [2.75, 3.05) is 0 Å². The lowest BCUT2D eigenvalue weighted by Crippen LogP contribution is -2.30. The lowest BCUT2D eigenvalue weighted by molar-refractivity contribution is -0.120. The van der Waals surface area contributed by atoms with Gasteiger partial charge in [-0.05, 0) is 37.1 Å². The number of hydrogen-bond acceptors (Lipinski definition) is 5. The fourth-order valence-corrected chi connectivity index (χ4v) is 4.12. The maximum absolute atomic E-state index is 12.7. The highest BCUT2D eigenvalue weighted by atomic mass is 32.2. The van der Waals surface area contributed by atoms with Crippen molar-refractivity contribution in [3.63, 3.8) is 0 Å². The van der Waals surface area contributed by atoms with Crippen LogP contribution in [0, 0.1) is 6.92 Å². The number of amides is 1. The molecule has 1 amide bonds. The largest absolute Gasteiger partial charge is 0.351 e. The number of pyridine rings is 1. The quantitative estimate of drug-likeness (QED) is 0.406. The van der Waals surface area contributed by atoms with Crippen molar-refractivity contribution >= 4 is 17.7 Å². The number of nitrogens with zero attached hydrogens (tertiary/aromatic N) is 4.